The minimum absolute atomic E-state index is 0.0541. The van der Waals surface area contributed by atoms with Crippen molar-refractivity contribution in [3.05, 3.63) is 63.2 Å². The van der Waals surface area contributed by atoms with Crippen LogP contribution in [0.25, 0.3) is 11.0 Å². The van der Waals surface area contributed by atoms with Gasteiger partial charge in [-0.05, 0) is 84.5 Å². The molecule has 2 aromatic heterocycles. The second-order valence-electron chi connectivity index (χ2n) is 9.66. The minimum atomic E-state index is -0.306. The predicted octanol–water partition coefficient (Wildman–Crippen LogP) is 3.95. The summed E-state index contributed by atoms with van der Waals surface area (Å²) in [6.07, 6.45) is 5.20. The lowest BCUT2D eigenvalue weighted by molar-refractivity contribution is -0.145. The molecule has 7 nitrogen and oxygen atoms in total. The maximum absolute atomic E-state index is 13.5. The second kappa shape index (κ2) is 9.06. The summed E-state index contributed by atoms with van der Waals surface area (Å²) in [5.41, 5.74) is 2.70. The summed E-state index contributed by atoms with van der Waals surface area (Å²) in [4.78, 5) is 37.6. The fourth-order valence-electron chi connectivity index (χ4n) is 5.36. The van der Waals surface area contributed by atoms with Crippen molar-refractivity contribution in [3.8, 4) is 0 Å². The number of aromatic nitrogens is 3. The van der Waals surface area contributed by atoms with E-state index in [9.17, 15) is 9.59 Å². The molecule has 0 atom stereocenters. The van der Waals surface area contributed by atoms with Crippen LogP contribution in [0.15, 0.2) is 52.0 Å². The number of likely N-dealkylation sites (tertiary alicyclic amines) is 2. The summed E-state index contributed by atoms with van der Waals surface area (Å²) in [7, 11) is 0. The number of nitrogens with one attached hydrogen (secondary N) is 1. The van der Waals surface area contributed by atoms with Crippen molar-refractivity contribution in [1.29, 1.82) is 0 Å². The third-order valence-corrected chi connectivity index (χ3v) is 7.85. The van der Waals surface area contributed by atoms with Crippen LogP contribution in [0.2, 0.25) is 0 Å². The first-order valence-electron chi connectivity index (χ1n) is 11.7. The van der Waals surface area contributed by atoms with Gasteiger partial charge in [-0.2, -0.15) is 0 Å². The number of piperidine rings is 2. The highest BCUT2D eigenvalue weighted by Crippen LogP contribution is 2.35. The third-order valence-electron chi connectivity index (χ3n) is 7.41. The lowest BCUT2D eigenvalue weighted by atomic mass is 9.78. The SMILES string of the molecule is CC1(C(=O)N2CCC(n3c(=O)[nH]c4ccccc43)CC2)CCN(Cc2ccnc(Br)c2)CC1. The molecule has 1 N–H and O–H groups in total. The molecule has 2 aliphatic rings. The molecule has 0 aliphatic carbocycles. The van der Waals surface area contributed by atoms with E-state index in [0.29, 0.717) is 13.1 Å². The number of imidazole rings is 1. The number of pyridine rings is 1. The molecule has 5 rings (SSSR count). The van der Waals surface area contributed by atoms with Crippen molar-refractivity contribution in [3.63, 3.8) is 0 Å². The van der Waals surface area contributed by atoms with Gasteiger partial charge in [-0.25, -0.2) is 9.78 Å². The van der Waals surface area contributed by atoms with Crippen molar-refractivity contribution in [2.24, 2.45) is 5.41 Å². The molecule has 2 fully saturated rings. The summed E-state index contributed by atoms with van der Waals surface area (Å²) >= 11 is 3.44. The van der Waals surface area contributed by atoms with Crippen LogP contribution in [-0.4, -0.2) is 56.4 Å². The highest BCUT2D eigenvalue weighted by molar-refractivity contribution is 9.10. The lowest BCUT2D eigenvalue weighted by Crippen LogP contribution is -2.51. The Balaban J connectivity index is 1.19. The molecule has 0 unspecified atom stereocenters. The number of fused-ring (bicyclic) bond motifs is 1. The van der Waals surface area contributed by atoms with E-state index in [0.717, 1.165) is 61.0 Å². The first-order chi connectivity index (χ1) is 15.9. The second-order valence-corrected chi connectivity index (χ2v) is 10.5. The first-order valence-corrected chi connectivity index (χ1v) is 12.5. The summed E-state index contributed by atoms with van der Waals surface area (Å²) in [6, 6.07) is 12.1. The molecule has 0 bridgehead atoms. The summed E-state index contributed by atoms with van der Waals surface area (Å²) in [5, 5.41) is 0. The molecule has 0 saturated carbocycles. The zero-order chi connectivity index (χ0) is 23.0. The van der Waals surface area contributed by atoms with Crippen molar-refractivity contribution in [2.75, 3.05) is 26.2 Å². The number of rotatable bonds is 4. The Kier molecular flexibility index (Phi) is 6.14. The Labute approximate surface area is 201 Å². The number of nitrogens with zero attached hydrogens (tertiary/aromatic N) is 4. The summed E-state index contributed by atoms with van der Waals surface area (Å²) in [6.45, 7) is 6.27. The topological polar surface area (TPSA) is 74.2 Å². The standard InChI is InChI=1S/C25H30BrN5O2/c1-25(9-14-29(15-10-25)17-18-6-11-27-22(26)16-18)23(32)30-12-7-19(8-13-30)31-21-5-3-2-4-20(21)28-24(31)33/h2-6,11,16,19H,7-10,12-15,17H2,1H3,(H,28,33). The van der Waals surface area contributed by atoms with E-state index in [1.165, 1.54) is 5.56 Å². The van der Waals surface area contributed by atoms with Crippen LogP contribution in [0, 0.1) is 5.41 Å². The maximum atomic E-state index is 13.5. The number of aromatic amines is 1. The van der Waals surface area contributed by atoms with Crippen molar-refractivity contribution < 1.29 is 4.79 Å². The number of para-hydroxylation sites is 2. The zero-order valence-electron chi connectivity index (χ0n) is 19.0. The molecule has 8 heteroatoms. The van der Waals surface area contributed by atoms with Gasteiger partial charge in [0.1, 0.15) is 4.60 Å². The van der Waals surface area contributed by atoms with E-state index in [2.05, 4.69) is 43.8 Å². The first kappa shape index (κ1) is 22.3. The van der Waals surface area contributed by atoms with Crippen LogP contribution >= 0.6 is 15.9 Å². The molecular weight excluding hydrogens is 482 g/mol. The smallest absolute Gasteiger partial charge is 0.326 e. The Morgan fingerprint density at radius 3 is 2.61 bits per heavy atom. The largest absolute Gasteiger partial charge is 0.342 e. The number of hydrogen-bond acceptors (Lipinski definition) is 4. The summed E-state index contributed by atoms with van der Waals surface area (Å²) in [5.74, 6) is 0.276. The number of H-pyrrole nitrogens is 1. The van der Waals surface area contributed by atoms with Crippen LogP contribution in [0.4, 0.5) is 0 Å². The molecule has 174 valence electrons. The van der Waals surface area contributed by atoms with Gasteiger partial charge in [-0.15, -0.1) is 0 Å². The average Bonchev–Trinajstić information content (AvgIpc) is 3.16. The van der Waals surface area contributed by atoms with E-state index >= 15 is 0 Å². The maximum Gasteiger partial charge on any atom is 0.326 e. The van der Waals surface area contributed by atoms with Crippen LogP contribution in [-0.2, 0) is 11.3 Å². The van der Waals surface area contributed by atoms with Crippen LogP contribution < -0.4 is 5.69 Å². The molecule has 2 aliphatic heterocycles. The average molecular weight is 512 g/mol. The van der Waals surface area contributed by atoms with E-state index in [1.54, 1.807) is 0 Å². The van der Waals surface area contributed by atoms with Gasteiger partial charge in [0.15, 0.2) is 0 Å². The number of carbonyl (C=O) groups is 1. The van der Waals surface area contributed by atoms with E-state index in [-0.39, 0.29) is 23.1 Å². The van der Waals surface area contributed by atoms with Gasteiger partial charge in [0.2, 0.25) is 5.91 Å². The minimum Gasteiger partial charge on any atom is -0.342 e. The normalized spacial score (nSPS) is 19.8. The van der Waals surface area contributed by atoms with Gasteiger partial charge in [0.25, 0.3) is 0 Å². The van der Waals surface area contributed by atoms with Gasteiger partial charge in [0.05, 0.1) is 11.0 Å². The van der Waals surface area contributed by atoms with Crippen LogP contribution in [0.1, 0.15) is 44.2 Å². The number of hydrogen-bond donors (Lipinski definition) is 1. The molecule has 0 spiro atoms. The lowest BCUT2D eigenvalue weighted by Gasteiger charge is -2.43. The molecular formula is C25H30BrN5O2. The molecule has 4 heterocycles. The van der Waals surface area contributed by atoms with Crippen molar-refractivity contribution in [2.45, 2.75) is 45.2 Å². The molecule has 1 aromatic carbocycles. The highest BCUT2D eigenvalue weighted by atomic mass is 79.9. The predicted molar refractivity (Wildman–Crippen MR) is 132 cm³/mol. The zero-order valence-corrected chi connectivity index (χ0v) is 20.6. The van der Waals surface area contributed by atoms with Gasteiger partial charge in [0, 0.05) is 37.3 Å². The Morgan fingerprint density at radius 1 is 1.15 bits per heavy atom. The fraction of sp³-hybridized carbons (Fsp3) is 0.480. The molecule has 3 aromatic rings. The summed E-state index contributed by atoms with van der Waals surface area (Å²) < 4.78 is 2.74. The van der Waals surface area contributed by atoms with Crippen molar-refractivity contribution >= 4 is 32.9 Å². The van der Waals surface area contributed by atoms with Crippen LogP contribution in [0.5, 0.6) is 0 Å². The quantitative estimate of drug-likeness (QED) is 0.538. The number of halogens is 1. The molecule has 0 radical (unpaired) electrons. The molecule has 1 amide bonds. The Morgan fingerprint density at radius 2 is 1.88 bits per heavy atom. The van der Waals surface area contributed by atoms with Gasteiger partial charge < -0.3 is 9.88 Å². The van der Waals surface area contributed by atoms with E-state index in [4.69, 9.17) is 0 Å². The van der Waals surface area contributed by atoms with Gasteiger partial charge >= 0.3 is 5.69 Å². The van der Waals surface area contributed by atoms with E-state index in [1.807, 2.05) is 46.0 Å². The molecule has 2 saturated heterocycles. The molecule has 33 heavy (non-hydrogen) atoms. The van der Waals surface area contributed by atoms with Crippen molar-refractivity contribution in [1.82, 2.24) is 24.3 Å². The number of benzene rings is 1. The van der Waals surface area contributed by atoms with Gasteiger partial charge in [-0.3, -0.25) is 14.3 Å². The number of carbonyl (C=O) groups excluding carboxylic acids is 1. The number of amides is 1. The third kappa shape index (κ3) is 4.51. The monoisotopic (exact) mass is 511 g/mol. The fourth-order valence-corrected chi connectivity index (χ4v) is 5.78. The Hall–Kier alpha value is -2.45. The highest BCUT2D eigenvalue weighted by Gasteiger charge is 2.40. The van der Waals surface area contributed by atoms with Crippen LogP contribution in [0.3, 0.4) is 0 Å². The van der Waals surface area contributed by atoms with Gasteiger partial charge in [-0.1, -0.05) is 19.1 Å². The Bertz CT molecular complexity index is 1200. The van der Waals surface area contributed by atoms with E-state index < -0.39 is 0 Å².